The molecule has 1 heterocycles. The van der Waals surface area contributed by atoms with Crippen LogP contribution < -0.4 is 11.1 Å². The Morgan fingerprint density at radius 1 is 1.30 bits per heavy atom. The van der Waals surface area contributed by atoms with Gasteiger partial charge >= 0.3 is 11.9 Å². The van der Waals surface area contributed by atoms with Crippen LogP contribution in [0.4, 0.5) is 0 Å². The molecule has 0 saturated carbocycles. The van der Waals surface area contributed by atoms with Gasteiger partial charge in [-0.3, -0.25) is 14.4 Å². The van der Waals surface area contributed by atoms with Crippen LogP contribution in [0.3, 0.4) is 0 Å². The van der Waals surface area contributed by atoms with E-state index >= 15 is 0 Å². The fourth-order valence-electron chi connectivity index (χ4n) is 2.81. The van der Waals surface area contributed by atoms with E-state index < -0.39 is 35.5 Å². The molecule has 130 valence electrons. The van der Waals surface area contributed by atoms with Crippen molar-refractivity contribution in [3.05, 3.63) is 0 Å². The first-order valence-corrected chi connectivity index (χ1v) is 7.37. The Morgan fingerprint density at radius 2 is 1.91 bits per heavy atom. The second-order valence-electron chi connectivity index (χ2n) is 6.17. The van der Waals surface area contributed by atoms with E-state index in [0.29, 0.717) is 12.8 Å². The first kappa shape index (κ1) is 18.9. The fraction of sp³-hybridized carbons (Fsp3) is 0.714. The number of amides is 2. The average molecular weight is 329 g/mol. The predicted octanol–water partition coefficient (Wildman–Crippen LogP) is -0.851. The van der Waals surface area contributed by atoms with Crippen LogP contribution in [0.5, 0.6) is 0 Å². The second-order valence-corrected chi connectivity index (χ2v) is 6.17. The normalized spacial score (nSPS) is 20.8. The summed E-state index contributed by atoms with van der Waals surface area (Å²) in [7, 11) is 0. The Bertz CT molecular complexity index is 505. The number of hydrogen-bond acceptors (Lipinski definition) is 5. The molecule has 1 saturated heterocycles. The van der Waals surface area contributed by atoms with Crippen molar-refractivity contribution in [2.24, 2.45) is 5.73 Å². The monoisotopic (exact) mass is 329 g/mol. The summed E-state index contributed by atoms with van der Waals surface area (Å²) < 4.78 is 0. The third-order valence-electron chi connectivity index (χ3n) is 4.00. The first-order valence-electron chi connectivity index (χ1n) is 7.37. The average Bonchev–Trinajstić information content (AvgIpc) is 2.77. The molecule has 2 amide bonds. The van der Waals surface area contributed by atoms with Crippen molar-refractivity contribution in [1.29, 1.82) is 0 Å². The van der Waals surface area contributed by atoms with Gasteiger partial charge in [-0.05, 0) is 33.1 Å². The Labute approximate surface area is 133 Å². The zero-order valence-electron chi connectivity index (χ0n) is 13.2. The molecule has 0 unspecified atom stereocenters. The summed E-state index contributed by atoms with van der Waals surface area (Å²) in [4.78, 5) is 47.5. The van der Waals surface area contributed by atoms with Crippen molar-refractivity contribution in [3.8, 4) is 0 Å². The number of carboxylic acids is 2. The number of carboxylic acid groups (broad SMARTS) is 2. The van der Waals surface area contributed by atoms with E-state index in [1.165, 1.54) is 4.90 Å². The largest absolute Gasteiger partial charge is 0.481 e. The molecule has 2 atom stereocenters. The van der Waals surface area contributed by atoms with Gasteiger partial charge in [0.2, 0.25) is 11.8 Å². The number of nitrogens with one attached hydrogen (secondary N) is 1. The lowest BCUT2D eigenvalue weighted by Gasteiger charge is -2.35. The highest BCUT2D eigenvalue weighted by Crippen LogP contribution is 2.33. The lowest BCUT2D eigenvalue weighted by atomic mass is 10.0. The number of rotatable bonds is 7. The number of carbonyl (C=O) groups excluding carboxylic acids is 2. The van der Waals surface area contributed by atoms with Gasteiger partial charge in [0.15, 0.2) is 0 Å². The van der Waals surface area contributed by atoms with Crippen LogP contribution >= 0.6 is 0 Å². The Kier molecular flexibility index (Phi) is 6.08. The molecule has 1 aliphatic heterocycles. The number of likely N-dealkylation sites (tertiary alicyclic amines) is 1. The van der Waals surface area contributed by atoms with Gasteiger partial charge in [-0.15, -0.1) is 0 Å². The molecule has 1 aliphatic rings. The quantitative estimate of drug-likeness (QED) is 0.475. The van der Waals surface area contributed by atoms with Crippen molar-refractivity contribution in [1.82, 2.24) is 10.2 Å². The molecule has 0 radical (unpaired) electrons. The minimum atomic E-state index is -1.31. The van der Waals surface area contributed by atoms with Crippen molar-refractivity contribution in [2.75, 3.05) is 6.54 Å². The second kappa shape index (κ2) is 7.40. The van der Waals surface area contributed by atoms with Crippen LogP contribution in [0.15, 0.2) is 0 Å². The predicted molar refractivity (Wildman–Crippen MR) is 79.4 cm³/mol. The summed E-state index contributed by atoms with van der Waals surface area (Å²) in [5, 5.41) is 20.1. The summed E-state index contributed by atoms with van der Waals surface area (Å²) in [6.45, 7) is 3.38. The molecule has 0 aliphatic carbocycles. The topological polar surface area (TPSA) is 150 Å². The van der Waals surface area contributed by atoms with Crippen LogP contribution in [0.1, 0.15) is 39.5 Å². The summed E-state index contributed by atoms with van der Waals surface area (Å²) in [6.07, 6.45) is 0.385. The summed E-state index contributed by atoms with van der Waals surface area (Å²) in [5.41, 5.74) is 4.84. The summed E-state index contributed by atoms with van der Waals surface area (Å²) in [6, 6.07) is -2.11. The molecule has 0 aromatic rings. The highest BCUT2D eigenvalue weighted by atomic mass is 16.4. The third kappa shape index (κ3) is 4.65. The number of aliphatic carboxylic acids is 2. The van der Waals surface area contributed by atoms with E-state index in [9.17, 15) is 19.2 Å². The van der Waals surface area contributed by atoms with Crippen LogP contribution in [0.2, 0.25) is 0 Å². The molecule has 0 aromatic heterocycles. The molecular weight excluding hydrogens is 306 g/mol. The fourth-order valence-corrected chi connectivity index (χ4v) is 2.81. The van der Waals surface area contributed by atoms with Crippen molar-refractivity contribution in [2.45, 2.75) is 57.2 Å². The Morgan fingerprint density at radius 3 is 2.39 bits per heavy atom. The zero-order chi connectivity index (χ0) is 17.8. The van der Waals surface area contributed by atoms with Gasteiger partial charge in [0.05, 0.1) is 6.54 Å². The van der Waals surface area contributed by atoms with E-state index in [2.05, 4.69) is 5.32 Å². The maximum atomic E-state index is 12.4. The van der Waals surface area contributed by atoms with Crippen molar-refractivity contribution < 1.29 is 29.4 Å². The van der Waals surface area contributed by atoms with E-state index in [0.717, 1.165) is 0 Å². The van der Waals surface area contributed by atoms with Crippen molar-refractivity contribution >= 4 is 23.8 Å². The number of carbonyl (C=O) groups is 4. The maximum absolute atomic E-state index is 12.4. The SMILES string of the molecule is CC1(C)CC[C@@H](C(=O)N[C@@H](CCC(=O)O)C(=O)O)N1C(=O)CN. The smallest absolute Gasteiger partial charge is 0.326 e. The molecule has 23 heavy (non-hydrogen) atoms. The molecular formula is C14H23N3O6. The van der Waals surface area contributed by atoms with Crippen LogP contribution in [-0.2, 0) is 19.2 Å². The van der Waals surface area contributed by atoms with Gasteiger partial charge in [0.25, 0.3) is 0 Å². The molecule has 9 nitrogen and oxygen atoms in total. The van der Waals surface area contributed by atoms with Gasteiger partial charge in [0.1, 0.15) is 12.1 Å². The molecule has 9 heteroatoms. The van der Waals surface area contributed by atoms with Gasteiger partial charge in [-0.25, -0.2) is 4.79 Å². The van der Waals surface area contributed by atoms with E-state index in [4.69, 9.17) is 15.9 Å². The molecule has 0 spiro atoms. The van der Waals surface area contributed by atoms with Gasteiger partial charge in [-0.1, -0.05) is 0 Å². The minimum Gasteiger partial charge on any atom is -0.481 e. The van der Waals surface area contributed by atoms with Gasteiger partial charge in [0, 0.05) is 12.0 Å². The summed E-state index contributed by atoms with van der Waals surface area (Å²) >= 11 is 0. The number of nitrogens with two attached hydrogens (primary N) is 1. The highest BCUT2D eigenvalue weighted by Gasteiger charge is 2.45. The van der Waals surface area contributed by atoms with Gasteiger partial charge in [-0.2, -0.15) is 0 Å². The molecule has 1 rings (SSSR count). The molecule has 0 bridgehead atoms. The van der Waals surface area contributed by atoms with E-state index in [1.807, 2.05) is 13.8 Å². The van der Waals surface area contributed by atoms with Crippen LogP contribution in [-0.4, -0.2) is 63.0 Å². The van der Waals surface area contributed by atoms with Crippen LogP contribution in [0.25, 0.3) is 0 Å². The number of hydrogen-bond donors (Lipinski definition) is 4. The third-order valence-corrected chi connectivity index (χ3v) is 4.00. The molecule has 5 N–H and O–H groups in total. The lowest BCUT2D eigenvalue weighted by Crippen LogP contribution is -2.56. The lowest BCUT2D eigenvalue weighted by molar-refractivity contribution is -0.145. The first-order chi connectivity index (χ1) is 10.6. The zero-order valence-corrected chi connectivity index (χ0v) is 13.2. The van der Waals surface area contributed by atoms with Gasteiger partial charge < -0.3 is 26.2 Å². The highest BCUT2D eigenvalue weighted by molar-refractivity contribution is 5.91. The van der Waals surface area contributed by atoms with Crippen molar-refractivity contribution in [3.63, 3.8) is 0 Å². The Balaban J connectivity index is 2.83. The Hall–Kier alpha value is -2.16. The molecule has 1 fully saturated rings. The minimum absolute atomic E-state index is 0.225. The standard InChI is InChI=1S/C14H23N3O6/c1-14(2)6-5-9(17(14)10(18)7-15)12(21)16-8(13(22)23)3-4-11(19)20/h8-9H,3-7,15H2,1-2H3,(H,16,21)(H,19,20)(H,22,23)/t8-,9-/m0/s1. The molecule has 0 aromatic carbocycles. The summed E-state index contributed by atoms with van der Waals surface area (Å²) in [5.74, 6) is -3.44. The van der Waals surface area contributed by atoms with Crippen LogP contribution in [0, 0.1) is 0 Å². The van der Waals surface area contributed by atoms with E-state index in [-0.39, 0.29) is 25.3 Å². The maximum Gasteiger partial charge on any atom is 0.326 e. The van der Waals surface area contributed by atoms with E-state index in [1.54, 1.807) is 0 Å². The number of nitrogens with zero attached hydrogens (tertiary/aromatic N) is 1.